The second-order valence-electron chi connectivity index (χ2n) is 4.38. The third-order valence-corrected chi connectivity index (χ3v) is 2.86. The van der Waals surface area contributed by atoms with Crippen molar-refractivity contribution in [2.45, 2.75) is 13.0 Å². The van der Waals surface area contributed by atoms with Crippen molar-refractivity contribution in [3.8, 4) is 11.6 Å². The molecule has 106 valence electrons. The van der Waals surface area contributed by atoms with Gasteiger partial charge in [-0.05, 0) is 30.7 Å². The summed E-state index contributed by atoms with van der Waals surface area (Å²) in [5.74, 6) is 1.22. The van der Waals surface area contributed by atoms with Gasteiger partial charge in [0.15, 0.2) is 5.75 Å². The van der Waals surface area contributed by atoms with Crippen molar-refractivity contribution in [1.82, 2.24) is 10.3 Å². The monoisotopic (exact) mass is 272 g/mol. The first-order valence-corrected chi connectivity index (χ1v) is 6.76. The van der Waals surface area contributed by atoms with E-state index in [-0.39, 0.29) is 0 Å². The smallest absolute Gasteiger partial charge is 0.256 e. The number of methoxy groups -OCH3 is 1. The molecule has 0 aliphatic carbocycles. The average molecular weight is 272 g/mol. The maximum atomic E-state index is 5.60. The standard InChI is InChI=1S/C16H20N2O2/c1-19-15-9-5-11-18-16(15)20-12-6-10-17-13-14-7-3-2-4-8-14/h2-5,7-9,11,17H,6,10,12-13H2,1H3. The van der Waals surface area contributed by atoms with Crippen molar-refractivity contribution < 1.29 is 9.47 Å². The van der Waals surface area contributed by atoms with Crippen LogP contribution in [-0.2, 0) is 6.54 Å². The number of pyridine rings is 1. The summed E-state index contributed by atoms with van der Waals surface area (Å²) in [6.45, 7) is 2.41. The minimum absolute atomic E-state index is 0.554. The Balaban J connectivity index is 1.62. The van der Waals surface area contributed by atoms with Crippen LogP contribution < -0.4 is 14.8 Å². The van der Waals surface area contributed by atoms with Gasteiger partial charge >= 0.3 is 0 Å². The van der Waals surface area contributed by atoms with Gasteiger partial charge in [-0.15, -0.1) is 0 Å². The summed E-state index contributed by atoms with van der Waals surface area (Å²) >= 11 is 0. The maximum absolute atomic E-state index is 5.60. The van der Waals surface area contributed by atoms with Gasteiger partial charge in [0, 0.05) is 12.7 Å². The van der Waals surface area contributed by atoms with Gasteiger partial charge in [0.1, 0.15) is 0 Å². The van der Waals surface area contributed by atoms with E-state index in [1.807, 2.05) is 30.3 Å². The molecule has 0 aliphatic rings. The van der Waals surface area contributed by atoms with Gasteiger partial charge in [-0.1, -0.05) is 30.3 Å². The number of benzene rings is 1. The molecule has 0 atom stereocenters. The van der Waals surface area contributed by atoms with Gasteiger partial charge in [-0.25, -0.2) is 4.98 Å². The lowest BCUT2D eigenvalue weighted by Gasteiger charge is -2.09. The number of rotatable bonds is 8. The predicted octanol–water partition coefficient (Wildman–Crippen LogP) is 2.65. The van der Waals surface area contributed by atoms with E-state index in [9.17, 15) is 0 Å². The molecule has 1 heterocycles. The molecule has 0 saturated heterocycles. The topological polar surface area (TPSA) is 43.4 Å². The molecule has 0 fully saturated rings. The molecule has 0 radical (unpaired) electrons. The molecule has 4 heteroatoms. The highest BCUT2D eigenvalue weighted by atomic mass is 16.5. The Hall–Kier alpha value is -2.07. The summed E-state index contributed by atoms with van der Waals surface area (Å²) in [7, 11) is 1.62. The van der Waals surface area contributed by atoms with Gasteiger partial charge in [-0.2, -0.15) is 0 Å². The first-order valence-electron chi connectivity index (χ1n) is 6.76. The van der Waals surface area contributed by atoms with E-state index in [0.29, 0.717) is 18.2 Å². The van der Waals surface area contributed by atoms with E-state index in [2.05, 4.69) is 22.4 Å². The lowest BCUT2D eigenvalue weighted by molar-refractivity contribution is 0.276. The zero-order valence-electron chi connectivity index (χ0n) is 11.7. The molecule has 0 amide bonds. The van der Waals surface area contributed by atoms with Gasteiger partial charge in [-0.3, -0.25) is 0 Å². The number of nitrogens with zero attached hydrogens (tertiary/aromatic N) is 1. The zero-order valence-corrected chi connectivity index (χ0v) is 11.7. The van der Waals surface area contributed by atoms with Crippen molar-refractivity contribution in [2.75, 3.05) is 20.3 Å². The fourth-order valence-corrected chi connectivity index (χ4v) is 1.83. The van der Waals surface area contributed by atoms with E-state index in [1.54, 1.807) is 13.3 Å². The predicted molar refractivity (Wildman–Crippen MR) is 79.0 cm³/mol. The maximum Gasteiger partial charge on any atom is 0.256 e. The molecule has 0 unspecified atom stereocenters. The molecule has 0 aliphatic heterocycles. The van der Waals surface area contributed by atoms with Crippen LogP contribution in [0.3, 0.4) is 0 Å². The van der Waals surface area contributed by atoms with Gasteiger partial charge < -0.3 is 14.8 Å². The SMILES string of the molecule is COc1cccnc1OCCCNCc1ccccc1. The molecule has 0 bridgehead atoms. The van der Waals surface area contributed by atoms with Crippen LogP contribution in [0.25, 0.3) is 0 Å². The molecule has 1 N–H and O–H groups in total. The molecule has 0 spiro atoms. The van der Waals surface area contributed by atoms with Gasteiger partial charge in [0.25, 0.3) is 5.88 Å². The molecule has 0 saturated carbocycles. The van der Waals surface area contributed by atoms with Crippen LogP contribution in [0.4, 0.5) is 0 Å². The van der Waals surface area contributed by atoms with Gasteiger partial charge in [0.05, 0.1) is 13.7 Å². The Bertz CT molecular complexity index is 503. The lowest BCUT2D eigenvalue weighted by atomic mass is 10.2. The lowest BCUT2D eigenvalue weighted by Crippen LogP contribution is -2.17. The van der Waals surface area contributed by atoms with E-state index in [4.69, 9.17) is 9.47 Å². The fraction of sp³-hybridized carbons (Fsp3) is 0.312. The number of ether oxygens (including phenoxy) is 2. The molecule has 4 nitrogen and oxygen atoms in total. The van der Waals surface area contributed by atoms with Crippen molar-refractivity contribution in [1.29, 1.82) is 0 Å². The Kier molecular flexibility index (Phi) is 5.86. The molecular weight excluding hydrogens is 252 g/mol. The van der Waals surface area contributed by atoms with Crippen molar-refractivity contribution in [3.05, 3.63) is 54.2 Å². The highest BCUT2D eigenvalue weighted by Crippen LogP contribution is 2.22. The van der Waals surface area contributed by atoms with E-state index >= 15 is 0 Å². The Morgan fingerprint density at radius 3 is 2.75 bits per heavy atom. The minimum Gasteiger partial charge on any atom is -0.491 e. The van der Waals surface area contributed by atoms with Crippen molar-refractivity contribution in [3.63, 3.8) is 0 Å². The Morgan fingerprint density at radius 2 is 1.95 bits per heavy atom. The molecule has 2 aromatic rings. The summed E-state index contributed by atoms with van der Waals surface area (Å²) in [5, 5.41) is 3.38. The molecule has 2 rings (SSSR count). The first kappa shape index (κ1) is 14.3. The Morgan fingerprint density at radius 1 is 1.10 bits per heavy atom. The van der Waals surface area contributed by atoms with Crippen LogP contribution in [0.1, 0.15) is 12.0 Å². The molecule has 1 aromatic carbocycles. The normalized spacial score (nSPS) is 10.2. The number of hydrogen-bond donors (Lipinski definition) is 1. The van der Waals surface area contributed by atoms with E-state index in [0.717, 1.165) is 19.5 Å². The van der Waals surface area contributed by atoms with E-state index < -0.39 is 0 Å². The molecular formula is C16H20N2O2. The summed E-state index contributed by atoms with van der Waals surface area (Å²) in [6.07, 6.45) is 2.62. The quantitative estimate of drug-likeness (QED) is 0.750. The summed E-state index contributed by atoms with van der Waals surface area (Å²) in [4.78, 5) is 4.15. The highest BCUT2D eigenvalue weighted by Gasteiger charge is 2.03. The van der Waals surface area contributed by atoms with Gasteiger partial charge in [0.2, 0.25) is 0 Å². The van der Waals surface area contributed by atoms with Crippen molar-refractivity contribution >= 4 is 0 Å². The summed E-state index contributed by atoms with van der Waals surface area (Å²) in [5.41, 5.74) is 1.29. The first-order chi connectivity index (χ1) is 9.90. The van der Waals surface area contributed by atoms with Crippen LogP contribution in [0.5, 0.6) is 11.6 Å². The fourth-order valence-electron chi connectivity index (χ4n) is 1.83. The van der Waals surface area contributed by atoms with Crippen LogP contribution in [0, 0.1) is 0 Å². The minimum atomic E-state index is 0.554. The van der Waals surface area contributed by atoms with Crippen LogP contribution >= 0.6 is 0 Å². The summed E-state index contributed by atoms with van der Waals surface area (Å²) < 4.78 is 10.8. The van der Waals surface area contributed by atoms with Crippen LogP contribution in [0.2, 0.25) is 0 Å². The Labute approximate surface area is 119 Å². The number of nitrogens with one attached hydrogen (secondary N) is 1. The molecule has 1 aromatic heterocycles. The number of hydrogen-bond acceptors (Lipinski definition) is 4. The number of aromatic nitrogens is 1. The second-order valence-corrected chi connectivity index (χ2v) is 4.38. The highest BCUT2D eigenvalue weighted by molar-refractivity contribution is 5.32. The van der Waals surface area contributed by atoms with Crippen LogP contribution in [0.15, 0.2) is 48.7 Å². The third kappa shape index (κ3) is 4.55. The van der Waals surface area contributed by atoms with Crippen LogP contribution in [-0.4, -0.2) is 25.2 Å². The van der Waals surface area contributed by atoms with E-state index in [1.165, 1.54) is 5.56 Å². The average Bonchev–Trinajstić information content (AvgIpc) is 2.52. The van der Waals surface area contributed by atoms with Crippen molar-refractivity contribution in [2.24, 2.45) is 0 Å². The molecule has 20 heavy (non-hydrogen) atoms. The summed E-state index contributed by atoms with van der Waals surface area (Å²) in [6, 6.07) is 14.0. The zero-order chi connectivity index (χ0) is 14.0. The second kappa shape index (κ2) is 8.17. The largest absolute Gasteiger partial charge is 0.491 e. The third-order valence-electron chi connectivity index (χ3n) is 2.86.